The molecule has 0 aliphatic rings. The van der Waals surface area contributed by atoms with Crippen molar-refractivity contribution < 1.29 is 24.2 Å². The highest BCUT2D eigenvalue weighted by Gasteiger charge is 2.11. The number of aromatic carboxylic acids is 1. The van der Waals surface area contributed by atoms with Gasteiger partial charge in [0.15, 0.2) is 11.5 Å². The lowest BCUT2D eigenvalue weighted by Crippen LogP contribution is -2.23. The number of hydrogen-bond acceptors (Lipinski definition) is 4. The highest BCUT2D eigenvalue weighted by Crippen LogP contribution is 2.27. The first kappa shape index (κ1) is 16.4. The van der Waals surface area contributed by atoms with Gasteiger partial charge in [-0.3, -0.25) is 4.79 Å². The van der Waals surface area contributed by atoms with E-state index < -0.39 is 5.97 Å². The van der Waals surface area contributed by atoms with Crippen LogP contribution in [-0.4, -0.2) is 31.2 Å². The first-order valence-corrected chi connectivity index (χ1v) is 6.87. The molecule has 2 N–H and O–H groups in total. The maximum atomic E-state index is 12.2. The number of benzene rings is 2. The molecular weight excluding hydrogens is 298 g/mol. The number of nitrogens with one attached hydrogen (secondary N) is 1. The zero-order valence-corrected chi connectivity index (χ0v) is 12.8. The van der Waals surface area contributed by atoms with Gasteiger partial charge in [0.1, 0.15) is 0 Å². The van der Waals surface area contributed by atoms with Crippen LogP contribution in [0.1, 0.15) is 26.3 Å². The summed E-state index contributed by atoms with van der Waals surface area (Å²) in [7, 11) is 3.02. The molecule has 0 unspecified atom stereocenters. The molecule has 0 saturated carbocycles. The lowest BCUT2D eigenvalue weighted by molar-refractivity contribution is 0.0696. The van der Waals surface area contributed by atoms with Crippen LogP contribution < -0.4 is 14.8 Å². The normalized spacial score (nSPS) is 10.0. The van der Waals surface area contributed by atoms with Gasteiger partial charge in [0.05, 0.1) is 19.8 Å². The zero-order valence-electron chi connectivity index (χ0n) is 12.8. The molecule has 0 aliphatic heterocycles. The topological polar surface area (TPSA) is 84.9 Å². The van der Waals surface area contributed by atoms with Crippen molar-refractivity contribution in [2.45, 2.75) is 6.54 Å². The highest BCUT2D eigenvalue weighted by molar-refractivity contribution is 5.95. The van der Waals surface area contributed by atoms with Gasteiger partial charge in [-0.1, -0.05) is 12.1 Å². The minimum absolute atomic E-state index is 0.183. The number of carboxylic acid groups (broad SMARTS) is 1. The molecule has 23 heavy (non-hydrogen) atoms. The molecule has 0 bridgehead atoms. The summed E-state index contributed by atoms with van der Waals surface area (Å²) in [6.45, 7) is 0.230. The van der Waals surface area contributed by atoms with Crippen molar-refractivity contribution in [1.29, 1.82) is 0 Å². The van der Waals surface area contributed by atoms with Crippen LogP contribution in [-0.2, 0) is 6.54 Å². The second-order valence-corrected chi connectivity index (χ2v) is 4.76. The van der Waals surface area contributed by atoms with E-state index in [4.69, 9.17) is 14.6 Å². The van der Waals surface area contributed by atoms with Crippen molar-refractivity contribution in [2.24, 2.45) is 0 Å². The summed E-state index contributed by atoms with van der Waals surface area (Å²) in [5, 5.41) is 11.7. The van der Waals surface area contributed by atoms with Crippen LogP contribution in [0.2, 0.25) is 0 Å². The minimum atomic E-state index is -1.00. The Hall–Kier alpha value is -3.02. The Balaban J connectivity index is 2.08. The smallest absolute Gasteiger partial charge is 0.335 e. The molecule has 0 spiro atoms. The SMILES string of the molecule is COc1ccc(C(=O)NCc2cccc(C(=O)O)c2)cc1OC. The number of carboxylic acids is 1. The summed E-state index contributed by atoms with van der Waals surface area (Å²) in [6, 6.07) is 11.3. The van der Waals surface area contributed by atoms with E-state index in [1.807, 2.05) is 0 Å². The molecule has 120 valence electrons. The Morgan fingerprint density at radius 2 is 1.74 bits per heavy atom. The van der Waals surface area contributed by atoms with Gasteiger partial charge in [0.25, 0.3) is 5.91 Å². The highest BCUT2D eigenvalue weighted by atomic mass is 16.5. The maximum absolute atomic E-state index is 12.2. The Bertz CT molecular complexity index is 727. The number of carbonyl (C=O) groups is 2. The number of ether oxygens (including phenoxy) is 2. The summed E-state index contributed by atoms with van der Waals surface area (Å²) < 4.78 is 10.3. The molecule has 0 heterocycles. The van der Waals surface area contributed by atoms with Gasteiger partial charge < -0.3 is 19.9 Å². The molecule has 0 aromatic heterocycles. The van der Waals surface area contributed by atoms with E-state index >= 15 is 0 Å². The van der Waals surface area contributed by atoms with Crippen LogP contribution >= 0.6 is 0 Å². The zero-order chi connectivity index (χ0) is 16.8. The number of methoxy groups -OCH3 is 2. The lowest BCUT2D eigenvalue weighted by Gasteiger charge is -2.10. The maximum Gasteiger partial charge on any atom is 0.335 e. The van der Waals surface area contributed by atoms with Crippen LogP contribution in [0.4, 0.5) is 0 Å². The van der Waals surface area contributed by atoms with Gasteiger partial charge >= 0.3 is 5.97 Å². The van der Waals surface area contributed by atoms with Gasteiger partial charge in [-0.2, -0.15) is 0 Å². The van der Waals surface area contributed by atoms with E-state index in [0.29, 0.717) is 22.6 Å². The predicted octanol–water partition coefficient (Wildman–Crippen LogP) is 2.33. The van der Waals surface area contributed by atoms with Gasteiger partial charge in [-0.15, -0.1) is 0 Å². The number of hydrogen-bond donors (Lipinski definition) is 2. The summed E-state index contributed by atoms with van der Waals surface area (Å²) in [4.78, 5) is 23.1. The number of carbonyl (C=O) groups excluding carboxylic acids is 1. The van der Waals surface area contributed by atoms with Crippen molar-refractivity contribution in [3.63, 3.8) is 0 Å². The Labute approximate surface area is 133 Å². The summed E-state index contributed by atoms with van der Waals surface area (Å²) in [6.07, 6.45) is 0. The molecule has 0 saturated heterocycles. The summed E-state index contributed by atoms with van der Waals surface area (Å²) >= 11 is 0. The largest absolute Gasteiger partial charge is 0.493 e. The van der Waals surface area contributed by atoms with E-state index in [9.17, 15) is 9.59 Å². The molecule has 6 nitrogen and oxygen atoms in total. The van der Waals surface area contributed by atoms with Crippen LogP contribution in [0, 0.1) is 0 Å². The Morgan fingerprint density at radius 1 is 1.00 bits per heavy atom. The molecule has 2 aromatic rings. The standard InChI is InChI=1S/C17H17NO5/c1-22-14-7-6-12(9-15(14)23-2)16(19)18-10-11-4-3-5-13(8-11)17(20)21/h3-9H,10H2,1-2H3,(H,18,19)(H,20,21). The van der Waals surface area contributed by atoms with Gasteiger partial charge in [-0.25, -0.2) is 4.79 Å². The molecule has 6 heteroatoms. The number of amides is 1. The van der Waals surface area contributed by atoms with Crippen LogP contribution in [0.5, 0.6) is 11.5 Å². The molecule has 0 radical (unpaired) electrons. The first-order valence-electron chi connectivity index (χ1n) is 6.87. The van der Waals surface area contributed by atoms with Gasteiger partial charge in [0, 0.05) is 12.1 Å². The van der Waals surface area contributed by atoms with Crippen LogP contribution in [0.25, 0.3) is 0 Å². The monoisotopic (exact) mass is 315 g/mol. The summed E-state index contributed by atoms with van der Waals surface area (Å²) in [5.74, 6) is -0.281. The summed E-state index contributed by atoms with van der Waals surface area (Å²) in [5.41, 5.74) is 1.32. The number of rotatable bonds is 6. The Morgan fingerprint density at radius 3 is 2.39 bits per heavy atom. The van der Waals surface area contributed by atoms with Crippen LogP contribution in [0.3, 0.4) is 0 Å². The van der Waals surface area contributed by atoms with Crippen molar-refractivity contribution in [1.82, 2.24) is 5.32 Å². The van der Waals surface area contributed by atoms with E-state index in [1.54, 1.807) is 30.3 Å². The third kappa shape index (κ3) is 4.00. The molecule has 2 rings (SSSR count). The van der Waals surface area contributed by atoms with Crippen molar-refractivity contribution in [3.8, 4) is 11.5 Å². The lowest BCUT2D eigenvalue weighted by atomic mass is 10.1. The fourth-order valence-corrected chi connectivity index (χ4v) is 2.08. The minimum Gasteiger partial charge on any atom is -0.493 e. The van der Waals surface area contributed by atoms with Crippen molar-refractivity contribution >= 4 is 11.9 Å². The average Bonchev–Trinajstić information content (AvgIpc) is 2.59. The molecular formula is C17H17NO5. The molecule has 1 amide bonds. The molecule has 0 aliphatic carbocycles. The second-order valence-electron chi connectivity index (χ2n) is 4.76. The fraction of sp³-hybridized carbons (Fsp3) is 0.176. The quantitative estimate of drug-likeness (QED) is 0.854. The van der Waals surface area contributed by atoms with Crippen molar-refractivity contribution in [3.05, 3.63) is 59.2 Å². The average molecular weight is 315 g/mol. The fourth-order valence-electron chi connectivity index (χ4n) is 2.08. The Kier molecular flexibility index (Phi) is 5.19. The van der Waals surface area contributed by atoms with E-state index in [2.05, 4.69) is 5.32 Å². The van der Waals surface area contributed by atoms with Gasteiger partial charge in [-0.05, 0) is 35.9 Å². The first-order chi connectivity index (χ1) is 11.0. The predicted molar refractivity (Wildman–Crippen MR) is 84.1 cm³/mol. The van der Waals surface area contributed by atoms with E-state index in [0.717, 1.165) is 0 Å². The third-order valence-electron chi connectivity index (χ3n) is 3.27. The van der Waals surface area contributed by atoms with E-state index in [-0.39, 0.29) is 18.0 Å². The molecule has 2 aromatic carbocycles. The molecule has 0 atom stereocenters. The second kappa shape index (κ2) is 7.31. The molecule has 0 fully saturated rings. The van der Waals surface area contributed by atoms with Crippen LogP contribution in [0.15, 0.2) is 42.5 Å². The van der Waals surface area contributed by atoms with Gasteiger partial charge in [0.2, 0.25) is 0 Å². The van der Waals surface area contributed by atoms with Crippen molar-refractivity contribution in [2.75, 3.05) is 14.2 Å². The third-order valence-corrected chi connectivity index (χ3v) is 3.27. The van der Waals surface area contributed by atoms with E-state index in [1.165, 1.54) is 26.4 Å².